The van der Waals surface area contributed by atoms with Gasteiger partial charge in [-0.2, -0.15) is 4.31 Å². The van der Waals surface area contributed by atoms with Gasteiger partial charge in [0, 0.05) is 39.4 Å². The third-order valence-electron chi connectivity index (χ3n) is 5.14. The molecule has 3 heterocycles. The van der Waals surface area contributed by atoms with Gasteiger partial charge in [0.1, 0.15) is 10.6 Å². The number of carbonyl (C=O) groups is 2. The van der Waals surface area contributed by atoms with Crippen LogP contribution in [0.4, 0.5) is 0 Å². The van der Waals surface area contributed by atoms with Crippen molar-refractivity contribution in [2.24, 2.45) is 13.0 Å². The zero-order valence-electron chi connectivity index (χ0n) is 16.3. The van der Waals surface area contributed by atoms with Crippen molar-refractivity contribution in [3.8, 4) is 0 Å². The number of morpholine rings is 1. The Hall–Kier alpha value is -1.91. The van der Waals surface area contributed by atoms with Gasteiger partial charge in [0.05, 0.1) is 25.7 Å². The molecule has 2 saturated heterocycles. The number of piperidine rings is 1. The van der Waals surface area contributed by atoms with Gasteiger partial charge in [-0.25, -0.2) is 8.42 Å². The standard InChI is InChI=1S/C18H27N3O6S/c1-3-27-18(23)14-5-4-6-20(12-14)17(22)16-11-15(13-19(16)2)28(24,25)21-7-9-26-10-8-21/h11,13-14H,3-10,12H2,1-2H3. The van der Waals surface area contributed by atoms with Gasteiger partial charge in [0.2, 0.25) is 10.0 Å². The third kappa shape index (κ3) is 4.23. The molecule has 1 amide bonds. The van der Waals surface area contributed by atoms with E-state index >= 15 is 0 Å². The first kappa shape index (κ1) is 20.8. The molecule has 0 spiro atoms. The van der Waals surface area contributed by atoms with Crippen LogP contribution in [0.15, 0.2) is 17.2 Å². The van der Waals surface area contributed by atoms with E-state index in [9.17, 15) is 18.0 Å². The molecule has 0 radical (unpaired) electrons. The first-order valence-corrected chi connectivity index (χ1v) is 11.0. The fraction of sp³-hybridized carbons (Fsp3) is 0.667. The van der Waals surface area contributed by atoms with Crippen LogP contribution in [0.2, 0.25) is 0 Å². The molecular weight excluding hydrogens is 386 g/mol. The average Bonchev–Trinajstić information content (AvgIpc) is 3.11. The number of hydrogen-bond acceptors (Lipinski definition) is 6. The molecular formula is C18H27N3O6S. The average molecular weight is 413 g/mol. The lowest BCUT2D eigenvalue weighted by Gasteiger charge is -2.31. The van der Waals surface area contributed by atoms with E-state index in [4.69, 9.17) is 9.47 Å². The Bertz CT molecular complexity index is 828. The molecule has 0 saturated carbocycles. The van der Waals surface area contributed by atoms with E-state index in [0.29, 0.717) is 52.3 Å². The molecule has 156 valence electrons. The molecule has 1 aromatic heterocycles. The monoisotopic (exact) mass is 413 g/mol. The zero-order chi connectivity index (χ0) is 20.3. The summed E-state index contributed by atoms with van der Waals surface area (Å²) in [5.41, 5.74) is 0.288. The van der Waals surface area contributed by atoms with Crippen LogP contribution in [0.1, 0.15) is 30.3 Å². The normalized spacial score (nSPS) is 21.5. The quantitative estimate of drug-likeness (QED) is 0.651. The summed E-state index contributed by atoms with van der Waals surface area (Å²) in [5.74, 6) is -0.906. The van der Waals surface area contributed by atoms with Crippen LogP contribution in [-0.2, 0) is 31.3 Å². The predicted molar refractivity (Wildman–Crippen MR) is 100 cm³/mol. The number of likely N-dealkylation sites (tertiary alicyclic amines) is 1. The molecule has 3 rings (SSSR count). The lowest BCUT2D eigenvalue weighted by molar-refractivity contribution is -0.149. The maximum absolute atomic E-state index is 13.0. The highest BCUT2D eigenvalue weighted by molar-refractivity contribution is 7.89. The minimum atomic E-state index is -3.67. The first-order chi connectivity index (χ1) is 13.3. The second-order valence-corrected chi connectivity index (χ2v) is 8.97. The maximum atomic E-state index is 13.0. The summed E-state index contributed by atoms with van der Waals surface area (Å²) in [6.45, 7) is 4.21. The Balaban J connectivity index is 1.76. The number of nitrogens with zero attached hydrogens (tertiary/aromatic N) is 3. The highest BCUT2D eigenvalue weighted by Gasteiger charge is 2.33. The maximum Gasteiger partial charge on any atom is 0.310 e. The van der Waals surface area contributed by atoms with Crippen molar-refractivity contribution in [1.82, 2.24) is 13.8 Å². The van der Waals surface area contributed by atoms with Crippen LogP contribution in [0.25, 0.3) is 0 Å². The summed E-state index contributed by atoms with van der Waals surface area (Å²) in [4.78, 5) is 26.7. The highest BCUT2D eigenvalue weighted by Crippen LogP contribution is 2.23. The number of carbonyl (C=O) groups excluding carboxylic acids is 2. The second kappa shape index (κ2) is 8.62. The fourth-order valence-electron chi connectivity index (χ4n) is 3.60. The Labute approximate surface area is 165 Å². The molecule has 1 unspecified atom stereocenters. The van der Waals surface area contributed by atoms with Crippen molar-refractivity contribution in [3.05, 3.63) is 18.0 Å². The third-order valence-corrected chi connectivity index (χ3v) is 7.00. The highest BCUT2D eigenvalue weighted by atomic mass is 32.2. The Kier molecular flexibility index (Phi) is 6.41. The summed E-state index contributed by atoms with van der Waals surface area (Å²) in [7, 11) is -2.02. The summed E-state index contributed by atoms with van der Waals surface area (Å²) >= 11 is 0. The number of hydrogen-bond donors (Lipinski definition) is 0. The lowest BCUT2D eigenvalue weighted by atomic mass is 9.98. The second-order valence-electron chi connectivity index (χ2n) is 7.03. The van der Waals surface area contributed by atoms with Gasteiger partial charge in [-0.05, 0) is 25.8 Å². The lowest BCUT2D eigenvalue weighted by Crippen LogP contribution is -2.43. The van der Waals surface area contributed by atoms with Crippen LogP contribution < -0.4 is 0 Å². The van der Waals surface area contributed by atoms with Gasteiger partial charge in [-0.1, -0.05) is 0 Å². The first-order valence-electron chi connectivity index (χ1n) is 9.54. The predicted octanol–water partition coefficient (Wildman–Crippen LogP) is 0.461. The number of amides is 1. The van der Waals surface area contributed by atoms with Crippen LogP contribution in [0.5, 0.6) is 0 Å². The number of esters is 1. The summed E-state index contributed by atoms with van der Waals surface area (Å²) in [6, 6.07) is 1.42. The topological polar surface area (TPSA) is 98.2 Å². The van der Waals surface area contributed by atoms with Crippen molar-refractivity contribution >= 4 is 21.9 Å². The van der Waals surface area contributed by atoms with Crippen molar-refractivity contribution in [2.75, 3.05) is 46.0 Å². The van der Waals surface area contributed by atoms with Gasteiger partial charge >= 0.3 is 5.97 Å². The number of aromatic nitrogens is 1. The van der Waals surface area contributed by atoms with E-state index < -0.39 is 10.0 Å². The number of rotatable bonds is 5. The molecule has 2 aliphatic rings. The van der Waals surface area contributed by atoms with Crippen molar-refractivity contribution in [3.63, 3.8) is 0 Å². The molecule has 0 aliphatic carbocycles. The molecule has 2 aliphatic heterocycles. The molecule has 1 atom stereocenters. The largest absolute Gasteiger partial charge is 0.466 e. The van der Waals surface area contributed by atoms with Crippen LogP contribution in [0, 0.1) is 5.92 Å². The van der Waals surface area contributed by atoms with Crippen LogP contribution in [-0.4, -0.2) is 80.1 Å². The molecule has 9 nitrogen and oxygen atoms in total. The van der Waals surface area contributed by atoms with E-state index in [1.807, 2.05) is 0 Å². The van der Waals surface area contributed by atoms with E-state index in [1.165, 1.54) is 21.1 Å². The fourth-order valence-corrected chi connectivity index (χ4v) is 5.08. The van der Waals surface area contributed by atoms with Gasteiger partial charge in [0.15, 0.2) is 0 Å². The van der Waals surface area contributed by atoms with Gasteiger partial charge in [-0.3, -0.25) is 9.59 Å². The molecule has 10 heteroatoms. The van der Waals surface area contributed by atoms with Crippen LogP contribution in [0.3, 0.4) is 0 Å². The summed E-state index contributed by atoms with van der Waals surface area (Å²) in [5, 5.41) is 0. The Morgan fingerprint density at radius 1 is 1.25 bits per heavy atom. The molecule has 1 aromatic rings. The minimum Gasteiger partial charge on any atom is -0.466 e. The van der Waals surface area contributed by atoms with Crippen molar-refractivity contribution in [2.45, 2.75) is 24.7 Å². The minimum absolute atomic E-state index is 0.0965. The molecule has 0 aromatic carbocycles. The molecule has 28 heavy (non-hydrogen) atoms. The number of sulfonamides is 1. The molecule has 0 bridgehead atoms. The summed E-state index contributed by atoms with van der Waals surface area (Å²) in [6.07, 6.45) is 2.86. The Morgan fingerprint density at radius 3 is 2.64 bits per heavy atom. The van der Waals surface area contributed by atoms with Crippen LogP contribution >= 0.6 is 0 Å². The number of aryl methyl sites for hydroxylation is 1. The van der Waals surface area contributed by atoms with E-state index in [-0.39, 0.29) is 34.9 Å². The smallest absolute Gasteiger partial charge is 0.310 e. The molecule has 2 fully saturated rings. The zero-order valence-corrected chi connectivity index (χ0v) is 17.1. The molecule has 0 N–H and O–H groups in total. The number of ether oxygens (including phenoxy) is 2. The van der Waals surface area contributed by atoms with E-state index in [0.717, 1.165) is 0 Å². The van der Waals surface area contributed by atoms with Gasteiger partial charge in [-0.15, -0.1) is 0 Å². The van der Waals surface area contributed by atoms with Gasteiger partial charge < -0.3 is 18.9 Å². The van der Waals surface area contributed by atoms with Gasteiger partial charge in [0.25, 0.3) is 5.91 Å². The SMILES string of the molecule is CCOC(=O)C1CCCN(C(=O)c2cc(S(=O)(=O)N3CCOCC3)cn2C)C1. The van der Waals surface area contributed by atoms with E-state index in [1.54, 1.807) is 18.9 Å². The Morgan fingerprint density at radius 2 is 1.96 bits per heavy atom. The van der Waals surface area contributed by atoms with Crippen molar-refractivity contribution < 1.29 is 27.5 Å². The summed E-state index contributed by atoms with van der Waals surface area (Å²) < 4.78 is 38.9. The van der Waals surface area contributed by atoms with E-state index in [2.05, 4.69) is 0 Å². The van der Waals surface area contributed by atoms with Crippen molar-refractivity contribution in [1.29, 1.82) is 0 Å².